The maximum absolute atomic E-state index is 5.46. The van der Waals surface area contributed by atoms with Crippen LogP contribution in [-0.4, -0.2) is 21.3 Å². The van der Waals surface area contributed by atoms with Gasteiger partial charge in [0.05, 0.1) is 21.3 Å². The number of ether oxygens (including phenoxy) is 3. The highest BCUT2D eigenvalue weighted by molar-refractivity contribution is 5.65. The van der Waals surface area contributed by atoms with E-state index in [1.807, 2.05) is 30.3 Å². The largest absolute Gasteiger partial charge is 0.497 e. The Balaban J connectivity index is 1.86. The van der Waals surface area contributed by atoms with Gasteiger partial charge in [0, 0.05) is 5.41 Å². The highest BCUT2D eigenvalue weighted by Gasteiger charge is 2.35. The van der Waals surface area contributed by atoms with Gasteiger partial charge in [0.25, 0.3) is 0 Å². The molecule has 3 aromatic carbocycles. The third kappa shape index (κ3) is 3.13. The van der Waals surface area contributed by atoms with Crippen LogP contribution in [-0.2, 0) is 11.8 Å². The molecule has 0 radical (unpaired) electrons. The van der Waals surface area contributed by atoms with Crippen LogP contribution >= 0.6 is 0 Å². The van der Waals surface area contributed by atoms with Gasteiger partial charge in [0.15, 0.2) is 0 Å². The van der Waals surface area contributed by atoms with Crippen LogP contribution in [0.4, 0.5) is 0 Å². The van der Waals surface area contributed by atoms with E-state index >= 15 is 0 Å². The summed E-state index contributed by atoms with van der Waals surface area (Å²) in [7, 11) is 5.09. The molecular formula is C25H24O3. The van der Waals surface area contributed by atoms with E-state index in [0.717, 1.165) is 23.7 Å². The number of fused-ring (bicyclic) bond motifs is 1. The first kappa shape index (κ1) is 18.2. The van der Waals surface area contributed by atoms with Crippen LogP contribution in [0.2, 0.25) is 0 Å². The molecule has 0 N–H and O–H groups in total. The van der Waals surface area contributed by atoms with Crippen LogP contribution in [0.25, 0.3) is 6.08 Å². The Bertz CT molecular complexity index is 938. The molecule has 0 fully saturated rings. The van der Waals surface area contributed by atoms with Crippen molar-refractivity contribution in [3.05, 3.63) is 95.1 Å². The van der Waals surface area contributed by atoms with Gasteiger partial charge < -0.3 is 14.2 Å². The number of allylic oxidation sites excluding steroid dienone is 1. The normalized spacial score (nSPS) is 14.2. The lowest BCUT2D eigenvalue weighted by Crippen LogP contribution is -2.30. The zero-order chi connectivity index (χ0) is 19.6. The first-order valence-corrected chi connectivity index (χ1v) is 9.34. The van der Waals surface area contributed by atoms with Crippen LogP contribution in [0.15, 0.2) is 72.8 Å². The van der Waals surface area contributed by atoms with E-state index in [0.29, 0.717) is 0 Å². The molecule has 3 nitrogen and oxygen atoms in total. The van der Waals surface area contributed by atoms with E-state index < -0.39 is 0 Å². The fraction of sp³-hybridized carbons (Fsp3) is 0.200. The Morgan fingerprint density at radius 3 is 1.64 bits per heavy atom. The summed E-state index contributed by atoms with van der Waals surface area (Å²) in [6.07, 6.45) is 5.38. The molecule has 3 aromatic rings. The van der Waals surface area contributed by atoms with Crippen molar-refractivity contribution < 1.29 is 14.2 Å². The quantitative estimate of drug-likeness (QED) is 0.611. The van der Waals surface area contributed by atoms with E-state index in [9.17, 15) is 0 Å². The minimum absolute atomic E-state index is 0.266. The molecule has 4 rings (SSSR count). The minimum atomic E-state index is -0.266. The Morgan fingerprint density at radius 2 is 1.14 bits per heavy atom. The first-order valence-electron chi connectivity index (χ1n) is 9.34. The van der Waals surface area contributed by atoms with E-state index in [2.05, 4.69) is 48.6 Å². The molecule has 0 spiro atoms. The van der Waals surface area contributed by atoms with Crippen molar-refractivity contribution in [2.45, 2.75) is 11.8 Å². The van der Waals surface area contributed by atoms with Gasteiger partial charge in [-0.1, -0.05) is 42.5 Å². The van der Waals surface area contributed by atoms with Crippen LogP contribution < -0.4 is 14.2 Å². The van der Waals surface area contributed by atoms with E-state index in [1.54, 1.807) is 21.3 Å². The van der Waals surface area contributed by atoms with Crippen molar-refractivity contribution in [3.8, 4) is 17.2 Å². The fourth-order valence-corrected chi connectivity index (χ4v) is 3.96. The molecule has 0 atom stereocenters. The second-order valence-corrected chi connectivity index (χ2v) is 7.00. The molecular weight excluding hydrogens is 348 g/mol. The van der Waals surface area contributed by atoms with Crippen LogP contribution in [0.3, 0.4) is 0 Å². The summed E-state index contributed by atoms with van der Waals surface area (Å²) in [5.74, 6) is 2.60. The summed E-state index contributed by atoms with van der Waals surface area (Å²) in [5, 5.41) is 0. The summed E-state index contributed by atoms with van der Waals surface area (Å²) in [6.45, 7) is 0. The summed E-state index contributed by atoms with van der Waals surface area (Å²) >= 11 is 0. The molecule has 0 unspecified atom stereocenters. The molecule has 28 heavy (non-hydrogen) atoms. The predicted molar refractivity (Wildman–Crippen MR) is 113 cm³/mol. The van der Waals surface area contributed by atoms with Crippen molar-refractivity contribution in [2.75, 3.05) is 21.3 Å². The maximum atomic E-state index is 5.46. The molecule has 0 bridgehead atoms. The number of hydrogen-bond donors (Lipinski definition) is 0. The Hall–Kier alpha value is -3.20. The van der Waals surface area contributed by atoms with Crippen molar-refractivity contribution in [2.24, 2.45) is 0 Å². The van der Waals surface area contributed by atoms with Gasteiger partial charge in [0.1, 0.15) is 17.2 Å². The van der Waals surface area contributed by atoms with Crippen molar-refractivity contribution in [1.29, 1.82) is 0 Å². The summed E-state index contributed by atoms with van der Waals surface area (Å²) in [5.41, 5.74) is 4.69. The number of benzene rings is 3. The topological polar surface area (TPSA) is 27.7 Å². The van der Waals surface area contributed by atoms with Crippen LogP contribution in [0.1, 0.15) is 22.3 Å². The smallest absolute Gasteiger partial charge is 0.119 e. The number of rotatable bonds is 5. The van der Waals surface area contributed by atoms with Crippen LogP contribution in [0.5, 0.6) is 17.2 Å². The van der Waals surface area contributed by atoms with Gasteiger partial charge in [-0.25, -0.2) is 0 Å². The zero-order valence-corrected chi connectivity index (χ0v) is 16.4. The molecule has 1 aliphatic carbocycles. The van der Waals surface area contributed by atoms with Crippen molar-refractivity contribution >= 4 is 6.08 Å². The fourth-order valence-electron chi connectivity index (χ4n) is 3.96. The summed E-state index contributed by atoms with van der Waals surface area (Å²) < 4.78 is 16.2. The molecule has 1 aliphatic rings. The maximum Gasteiger partial charge on any atom is 0.119 e. The third-order valence-corrected chi connectivity index (χ3v) is 5.58. The first-order chi connectivity index (χ1) is 13.7. The lowest BCUT2D eigenvalue weighted by molar-refractivity contribution is 0.413. The molecule has 0 aromatic heterocycles. The van der Waals surface area contributed by atoms with E-state index in [-0.39, 0.29) is 5.41 Å². The Kier molecular flexibility index (Phi) is 4.82. The van der Waals surface area contributed by atoms with Gasteiger partial charge in [0.2, 0.25) is 0 Å². The molecule has 3 heteroatoms. The lowest BCUT2D eigenvalue weighted by atomic mass is 9.67. The average Bonchev–Trinajstić information content (AvgIpc) is 2.78. The predicted octanol–water partition coefficient (Wildman–Crippen LogP) is 5.27. The zero-order valence-electron chi connectivity index (χ0n) is 16.4. The SMILES string of the molecule is COc1ccc(C2(c3ccc(OC)cc3)C=Cc3ccc(OC)cc3C2)cc1. The Morgan fingerprint density at radius 1 is 0.643 bits per heavy atom. The standard InChI is InChI=1S/C25H24O3/c1-26-22-10-5-20(6-11-22)25(21-7-12-23(27-2)13-8-21)15-14-18-4-9-24(28-3)16-19(18)17-25/h4-16H,17H2,1-3H3. The molecule has 0 heterocycles. The van der Waals surface area contributed by atoms with Gasteiger partial charge in [-0.15, -0.1) is 0 Å². The second-order valence-electron chi connectivity index (χ2n) is 7.00. The molecule has 0 saturated heterocycles. The van der Waals surface area contributed by atoms with Crippen molar-refractivity contribution in [1.82, 2.24) is 0 Å². The molecule has 0 aliphatic heterocycles. The van der Waals surface area contributed by atoms with E-state index in [4.69, 9.17) is 14.2 Å². The molecule has 0 saturated carbocycles. The van der Waals surface area contributed by atoms with E-state index in [1.165, 1.54) is 22.3 Å². The van der Waals surface area contributed by atoms with Gasteiger partial charge in [-0.3, -0.25) is 0 Å². The van der Waals surface area contributed by atoms with Gasteiger partial charge in [-0.2, -0.15) is 0 Å². The molecule has 142 valence electrons. The lowest BCUT2D eigenvalue weighted by Gasteiger charge is -2.36. The van der Waals surface area contributed by atoms with Crippen LogP contribution in [0, 0.1) is 0 Å². The number of hydrogen-bond acceptors (Lipinski definition) is 3. The summed E-state index contributed by atoms with van der Waals surface area (Å²) in [6, 6.07) is 23.0. The van der Waals surface area contributed by atoms with Gasteiger partial charge in [-0.05, 0) is 65.1 Å². The monoisotopic (exact) mass is 372 g/mol. The number of methoxy groups -OCH3 is 3. The Labute approximate surface area is 166 Å². The average molecular weight is 372 g/mol. The highest BCUT2D eigenvalue weighted by atomic mass is 16.5. The van der Waals surface area contributed by atoms with Gasteiger partial charge >= 0.3 is 0 Å². The third-order valence-electron chi connectivity index (χ3n) is 5.58. The molecule has 0 amide bonds. The van der Waals surface area contributed by atoms with Crippen molar-refractivity contribution in [3.63, 3.8) is 0 Å². The summed E-state index contributed by atoms with van der Waals surface area (Å²) in [4.78, 5) is 0. The second kappa shape index (κ2) is 7.43. The highest BCUT2D eigenvalue weighted by Crippen LogP contribution is 2.43. The minimum Gasteiger partial charge on any atom is -0.497 e.